The van der Waals surface area contributed by atoms with Crippen molar-refractivity contribution >= 4 is 23.6 Å². The van der Waals surface area contributed by atoms with E-state index in [0.717, 1.165) is 19.3 Å². The van der Waals surface area contributed by atoms with Crippen LogP contribution in [0.15, 0.2) is 24.3 Å². The minimum atomic E-state index is -0.408. The fourth-order valence-corrected chi connectivity index (χ4v) is 5.03. The Labute approximate surface area is 173 Å². The summed E-state index contributed by atoms with van der Waals surface area (Å²) in [7, 11) is 1.60. The Balaban J connectivity index is 2.10. The van der Waals surface area contributed by atoms with E-state index in [1.165, 1.54) is 12.8 Å². The molecule has 0 aromatic heterocycles. The van der Waals surface area contributed by atoms with Gasteiger partial charge in [-0.2, -0.15) is 0 Å². The molecule has 0 radical (unpaired) electrons. The fourth-order valence-electron chi connectivity index (χ4n) is 3.39. The van der Waals surface area contributed by atoms with Gasteiger partial charge in [0.1, 0.15) is 11.8 Å². The molecule has 1 aliphatic rings. The smallest absolute Gasteiger partial charge is 0.255 e. The number of hydrogen-bond acceptors (Lipinski definition) is 4. The summed E-state index contributed by atoms with van der Waals surface area (Å²) in [4.78, 5) is 27.9. The maximum Gasteiger partial charge on any atom is 0.255 e. The first-order valence-electron chi connectivity index (χ1n) is 10.3. The van der Waals surface area contributed by atoms with Crippen LogP contribution in [0.3, 0.4) is 0 Å². The van der Waals surface area contributed by atoms with Gasteiger partial charge < -0.3 is 15.0 Å². The molecule has 0 saturated carbocycles. The van der Waals surface area contributed by atoms with Gasteiger partial charge in [-0.3, -0.25) is 9.59 Å². The molecule has 2 rings (SSSR count). The second-order valence-electron chi connectivity index (χ2n) is 7.73. The lowest BCUT2D eigenvalue weighted by Crippen LogP contribution is -2.50. The molecule has 2 atom stereocenters. The molecule has 6 heteroatoms. The zero-order valence-electron chi connectivity index (χ0n) is 17.6. The molecule has 1 fully saturated rings. The van der Waals surface area contributed by atoms with Gasteiger partial charge in [-0.1, -0.05) is 40.0 Å². The summed E-state index contributed by atoms with van der Waals surface area (Å²) in [6, 6.07) is 6.72. The number of carbonyl (C=O) groups excluding carboxylic acids is 2. The minimum absolute atomic E-state index is 0.0304. The Hall–Kier alpha value is -1.69. The fraction of sp³-hybridized carbons (Fsp3) is 0.636. The molecule has 2 amide bonds. The van der Waals surface area contributed by atoms with E-state index in [0.29, 0.717) is 29.5 Å². The van der Waals surface area contributed by atoms with Crippen molar-refractivity contribution in [2.75, 3.05) is 19.4 Å². The number of benzene rings is 1. The van der Waals surface area contributed by atoms with E-state index in [9.17, 15) is 9.59 Å². The Morgan fingerprint density at radius 3 is 2.54 bits per heavy atom. The molecular weight excluding hydrogens is 372 g/mol. The second-order valence-corrected chi connectivity index (χ2v) is 8.94. The normalized spacial score (nSPS) is 19.1. The van der Waals surface area contributed by atoms with Crippen molar-refractivity contribution in [2.45, 2.75) is 64.3 Å². The van der Waals surface area contributed by atoms with Gasteiger partial charge in [-0.05, 0) is 43.0 Å². The maximum atomic E-state index is 13.3. The Morgan fingerprint density at radius 2 is 1.93 bits per heavy atom. The number of amides is 2. The van der Waals surface area contributed by atoms with Crippen molar-refractivity contribution in [1.29, 1.82) is 0 Å². The number of unbranched alkanes of at least 4 members (excludes halogenated alkanes) is 3. The van der Waals surface area contributed by atoms with Gasteiger partial charge in [0, 0.05) is 17.9 Å². The highest BCUT2D eigenvalue weighted by atomic mass is 32.2. The standard InChI is InChI=1S/C22H34N2O3S/c1-5-6-7-8-13-23-21(25)19-15-28-20(14-16(2)3)24(19)22(26)17-9-11-18(27-4)12-10-17/h9-12,16,19-20H,5-8,13-15H2,1-4H3,(H,23,25). The molecule has 0 aliphatic carbocycles. The van der Waals surface area contributed by atoms with Crippen molar-refractivity contribution < 1.29 is 14.3 Å². The molecule has 1 heterocycles. The molecule has 1 aromatic carbocycles. The van der Waals surface area contributed by atoms with Gasteiger partial charge in [0.25, 0.3) is 5.91 Å². The maximum absolute atomic E-state index is 13.3. The van der Waals surface area contributed by atoms with Gasteiger partial charge in [0.05, 0.1) is 12.5 Å². The summed E-state index contributed by atoms with van der Waals surface area (Å²) in [6.45, 7) is 7.15. The first-order valence-corrected chi connectivity index (χ1v) is 11.4. The lowest BCUT2D eigenvalue weighted by Gasteiger charge is -2.30. The number of nitrogens with one attached hydrogen (secondary N) is 1. The molecule has 1 aromatic rings. The van der Waals surface area contributed by atoms with Crippen LogP contribution in [0.25, 0.3) is 0 Å². The lowest BCUT2D eigenvalue weighted by atomic mass is 10.1. The predicted molar refractivity (Wildman–Crippen MR) is 116 cm³/mol. The minimum Gasteiger partial charge on any atom is -0.497 e. The zero-order chi connectivity index (χ0) is 20.5. The number of ether oxygens (including phenoxy) is 1. The summed E-state index contributed by atoms with van der Waals surface area (Å²) in [5.41, 5.74) is 0.595. The highest BCUT2D eigenvalue weighted by molar-refractivity contribution is 8.00. The molecule has 156 valence electrons. The van der Waals surface area contributed by atoms with Gasteiger partial charge in [0.2, 0.25) is 5.91 Å². The van der Waals surface area contributed by atoms with Crippen LogP contribution >= 0.6 is 11.8 Å². The van der Waals surface area contributed by atoms with Gasteiger partial charge in [-0.25, -0.2) is 0 Å². The number of carbonyl (C=O) groups is 2. The molecule has 1 aliphatic heterocycles. The van der Waals surface area contributed by atoms with Crippen molar-refractivity contribution in [1.82, 2.24) is 10.2 Å². The molecule has 1 N–H and O–H groups in total. The monoisotopic (exact) mass is 406 g/mol. The van der Waals surface area contributed by atoms with Gasteiger partial charge in [0.15, 0.2) is 0 Å². The number of nitrogens with zero attached hydrogens (tertiary/aromatic N) is 1. The van der Waals surface area contributed by atoms with Crippen molar-refractivity contribution in [3.63, 3.8) is 0 Å². The van der Waals surface area contributed by atoms with E-state index in [1.807, 2.05) is 0 Å². The summed E-state index contributed by atoms with van der Waals surface area (Å²) >= 11 is 1.71. The molecular formula is C22H34N2O3S. The van der Waals surface area contributed by atoms with Crippen LogP contribution in [-0.2, 0) is 4.79 Å². The molecule has 5 nitrogen and oxygen atoms in total. The van der Waals surface area contributed by atoms with Crippen molar-refractivity contribution in [2.24, 2.45) is 5.92 Å². The first-order chi connectivity index (χ1) is 13.5. The largest absolute Gasteiger partial charge is 0.497 e. The Kier molecular flexibility index (Phi) is 9.16. The van der Waals surface area contributed by atoms with E-state index in [1.54, 1.807) is 48.0 Å². The first kappa shape index (κ1) is 22.6. The average molecular weight is 407 g/mol. The van der Waals surface area contributed by atoms with Crippen LogP contribution in [0.1, 0.15) is 63.2 Å². The van der Waals surface area contributed by atoms with E-state index in [2.05, 4.69) is 26.1 Å². The van der Waals surface area contributed by atoms with Gasteiger partial charge >= 0.3 is 0 Å². The molecule has 0 bridgehead atoms. The summed E-state index contributed by atoms with van der Waals surface area (Å²) in [5.74, 6) is 1.72. The van der Waals surface area contributed by atoms with Crippen LogP contribution in [0.5, 0.6) is 5.75 Å². The summed E-state index contributed by atoms with van der Waals surface area (Å²) in [6.07, 6.45) is 5.36. The van der Waals surface area contributed by atoms with Crippen LogP contribution in [-0.4, -0.2) is 47.5 Å². The van der Waals surface area contributed by atoms with E-state index in [-0.39, 0.29) is 17.2 Å². The highest BCUT2D eigenvalue weighted by Gasteiger charge is 2.41. The third-order valence-electron chi connectivity index (χ3n) is 4.97. The molecule has 0 spiro atoms. The third kappa shape index (κ3) is 6.16. The van der Waals surface area contributed by atoms with Crippen molar-refractivity contribution in [3.05, 3.63) is 29.8 Å². The van der Waals surface area contributed by atoms with Crippen LogP contribution in [0, 0.1) is 5.92 Å². The Bertz CT molecular complexity index is 633. The lowest BCUT2D eigenvalue weighted by molar-refractivity contribution is -0.124. The third-order valence-corrected chi connectivity index (χ3v) is 6.28. The summed E-state index contributed by atoms with van der Waals surface area (Å²) < 4.78 is 5.19. The molecule has 2 unspecified atom stereocenters. The van der Waals surface area contributed by atoms with Crippen molar-refractivity contribution in [3.8, 4) is 5.75 Å². The zero-order valence-corrected chi connectivity index (χ0v) is 18.4. The Morgan fingerprint density at radius 1 is 1.21 bits per heavy atom. The average Bonchev–Trinajstić information content (AvgIpc) is 3.10. The number of hydrogen-bond donors (Lipinski definition) is 1. The van der Waals surface area contributed by atoms with Crippen LogP contribution < -0.4 is 10.1 Å². The number of methoxy groups -OCH3 is 1. The molecule has 28 heavy (non-hydrogen) atoms. The topological polar surface area (TPSA) is 58.6 Å². The highest BCUT2D eigenvalue weighted by Crippen LogP contribution is 2.35. The summed E-state index contributed by atoms with van der Waals surface area (Å²) in [5, 5.41) is 3.08. The van der Waals surface area contributed by atoms with E-state index < -0.39 is 6.04 Å². The van der Waals surface area contributed by atoms with Gasteiger partial charge in [-0.15, -0.1) is 11.8 Å². The van der Waals surface area contributed by atoms with E-state index >= 15 is 0 Å². The SMILES string of the molecule is CCCCCCNC(=O)C1CSC(CC(C)C)N1C(=O)c1ccc(OC)cc1. The van der Waals surface area contributed by atoms with Crippen LogP contribution in [0.2, 0.25) is 0 Å². The number of rotatable bonds is 10. The van der Waals surface area contributed by atoms with Crippen LogP contribution in [0.4, 0.5) is 0 Å². The quantitative estimate of drug-likeness (QED) is 0.588. The second kappa shape index (κ2) is 11.3. The van der Waals surface area contributed by atoms with E-state index in [4.69, 9.17) is 4.74 Å². The molecule has 1 saturated heterocycles. The number of thioether (sulfide) groups is 1. The predicted octanol–water partition coefficient (Wildman–Crippen LogP) is 4.32.